The minimum atomic E-state index is -0.313. The van der Waals surface area contributed by atoms with Crippen LogP contribution in [0.3, 0.4) is 0 Å². The van der Waals surface area contributed by atoms with E-state index >= 15 is 0 Å². The van der Waals surface area contributed by atoms with E-state index < -0.39 is 0 Å². The number of benzene rings is 2. The van der Waals surface area contributed by atoms with Crippen LogP contribution in [0.1, 0.15) is 22.3 Å². The third-order valence-electron chi connectivity index (χ3n) is 4.49. The number of nitrogens with one attached hydrogen (secondary N) is 2. The Morgan fingerprint density at radius 1 is 1.00 bits per heavy atom. The van der Waals surface area contributed by atoms with Crippen molar-refractivity contribution in [2.24, 2.45) is 0 Å². The number of aryl methyl sites for hydroxylation is 1. The molecule has 0 aliphatic carbocycles. The average molecular weight is 484 g/mol. The van der Waals surface area contributed by atoms with E-state index in [9.17, 15) is 9.59 Å². The zero-order valence-corrected chi connectivity index (χ0v) is 18.7. The number of rotatable bonds is 8. The maximum atomic E-state index is 12.5. The zero-order valence-electron chi connectivity index (χ0n) is 17.1. The molecule has 0 radical (unpaired) electrons. The molecule has 31 heavy (non-hydrogen) atoms. The Labute approximate surface area is 188 Å². The van der Waals surface area contributed by atoms with Crippen LogP contribution in [-0.4, -0.2) is 31.0 Å². The van der Waals surface area contributed by atoms with E-state index in [2.05, 4.69) is 31.5 Å². The quantitative estimate of drug-likeness (QED) is 0.485. The van der Waals surface area contributed by atoms with Gasteiger partial charge in [-0.3, -0.25) is 9.59 Å². The van der Waals surface area contributed by atoms with Gasteiger partial charge in [0, 0.05) is 28.3 Å². The zero-order chi connectivity index (χ0) is 22.2. The number of ether oxygens (including phenoxy) is 2. The second-order valence-electron chi connectivity index (χ2n) is 6.62. The Kier molecular flexibility index (Phi) is 7.61. The molecule has 0 saturated carbocycles. The smallest absolute Gasteiger partial charge is 0.256 e. The van der Waals surface area contributed by atoms with Crippen molar-refractivity contribution in [1.29, 1.82) is 0 Å². The highest BCUT2D eigenvalue weighted by Crippen LogP contribution is 2.25. The molecule has 8 heteroatoms. The van der Waals surface area contributed by atoms with Gasteiger partial charge in [-0.1, -0.05) is 6.07 Å². The van der Waals surface area contributed by atoms with Gasteiger partial charge in [-0.05, 0) is 76.4 Å². The standard InChI is InChI=1S/C23H22BrN3O4/c1-30-19-8-9-20(31-2)15(13-19)6-11-22(28)26-18-5-3-4-16(12-18)23(29)27-21-10-7-17(24)14-25-21/h3-5,7-10,12-14H,6,11H2,1-2H3,(H,26,28)(H,25,27,29). The number of anilines is 2. The fourth-order valence-electron chi connectivity index (χ4n) is 2.93. The predicted molar refractivity (Wildman–Crippen MR) is 123 cm³/mol. The number of hydrogen-bond donors (Lipinski definition) is 2. The number of pyridine rings is 1. The first kappa shape index (κ1) is 22.3. The average Bonchev–Trinajstić information content (AvgIpc) is 2.79. The van der Waals surface area contributed by atoms with Gasteiger partial charge in [-0.2, -0.15) is 0 Å². The topological polar surface area (TPSA) is 89.5 Å². The van der Waals surface area contributed by atoms with E-state index in [0.717, 1.165) is 10.0 Å². The fourth-order valence-corrected chi connectivity index (χ4v) is 3.16. The summed E-state index contributed by atoms with van der Waals surface area (Å²) in [5.41, 5.74) is 1.84. The highest BCUT2D eigenvalue weighted by atomic mass is 79.9. The number of nitrogens with zero attached hydrogens (tertiary/aromatic N) is 1. The lowest BCUT2D eigenvalue weighted by atomic mass is 10.1. The maximum absolute atomic E-state index is 12.5. The van der Waals surface area contributed by atoms with E-state index in [4.69, 9.17) is 9.47 Å². The van der Waals surface area contributed by atoms with E-state index in [1.807, 2.05) is 18.2 Å². The molecule has 0 aliphatic heterocycles. The van der Waals surface area contributed by atoms with Crippen LogP contribution in [0.2, 0.25) is 0 Å². The van der Waals surface area contributed by atoms with Gasteiger partial charge >= 0.3 is 0 Å². The van der Waals surface area contributed by atoms with Crippen LogP contribution in [0.25, 0.3) is 0 Å². The molecule has 0 spiro atoms. The Morgan fingerprint density at radius 2 is 1.84 bits per heavy atom. The van der Waals surface area contributed by atoms with Crippen molar-refractivity contribution in [2.45, 2.75) is 12.8 Å². The third kappa shape index (κ3) is 6.29. The van der Waals surface area contributed by atoms with Crippen LogP contribution in [0.4, 0.5) is 11.5 Å². The number of hydrogen-bond acceptors (Lipinski definition) is 5. The second kappa shape index (κ2) is 10.6. The number of carbonyl (C=O) groups excluding carboxylic acids is 2. The van der Waals surface area contributed by atoms with E-state index in [1.54, 1.807) is 56.8 Å². The molecule has 2 N–H and O–H groups in total. The van der Waals surface area contributed by atoms with Crippen LogP contribution in [0.15, 0.2) is 65.3 Å². The minimum Gasteiger partial charge on any atom is -0.497 e. The molecule has 0 bridgehead atoms. The van der Waals surface area contributed by atoms with Crippen molar-refractivity contribution >= 4 is 39.2 Å². The molecule has 0 atom stereocenters. The van der Waals surface area contributed by atoms with Crippen molar-refractivity contribution < 1.29 is 19.1 Å². The summed E-state index contributed by atoms with van der Waals surface area (Å²) in [7, 11) is 3.18. The summed E-state index contributed by atoms with van der Waals surface area (Å²) < 4.78 is 11.4. The van der Waals surface area contributed by atoms with Gasteiger partial charge in [0.15, 0.2) is 0 Å². The van der Waals surface area contributed by atoms with Crippen molar-refractivity contribution in [3.05, 3.63) is 76.4 Å². The van der Waals surface area contributed by atoms with Gasteiger partial charge in [0.2, 0.25) is 5.91 Å². The Morgan fingerprint density at radius 3 is 2.55 bits per heavy atom. The van der Waals surface area contributed by atoms with Crippen LogP contribution < -0.4 is 20.1 Å². The predicted octanol–water partition coefficient (Wildman–Crippen LogP) is 4.68. The largest absolute Gasteiger partial charge is 0.497 e. The summed E-state index contributed by atoms with van der Waals surface area (Å²) in [5, 5.41) is 5.56. The van der Waals surface area contributed by atoms with Gasteiger partial charge in [0.05, 0.1) is 14.2 Å². The summed E-state index contributed by atoms with van der Waals surface area (Å²) in [5.74, 6) is 1.36. The van der Waals surface area contributed by atoms with Crippen molar-refractivity contribution in [3.8, 4) is 11.5 Å². The summed E-state index contributed by atoms with van der Waals surface area (Å²) in [4.78, 5) is 29.0. The highest BCUT2D eigenvalue weighted by Gasteiger charge is 2.11. The molecule has 3 aromatic rings. The second-order valence-corrected chi connectivity index (χ2v) is 7.54. The highest BCUT2D eigenvalue weighted by molar-refractivity contribution is 9.10. The van der Waals surface area contributed by atoms with Gasteiger partial charge in [0.25, 0.3) is 5.91 Å². The molecule has 1 heterocycles. The van der Waals surface area contributed by atoms with Crippen molar-refractivity contribution in [1.82, 2.24) is 4.98 Å². The Bertz CT molecular complexity index is 1070. The molecule has 0 aliphatic rings. The molecule has 7 nitrogen and oxygen atoms in total. The van der Waals surface area contributed by atoms with E-state index in [1.165, 1.54) is 0 Å². The molecule has 2 amide bonds. The van der Waals surface area contributed by atoms with Gasteiger partial charge in [-0.25, -0.2) is 4.98 Å². The Hall–Kier alpha value is -3.39. The maximum Gasteiger partial charge on any atom is 0.256 e. The SMILES string of the molecule is COc1ccc(OC)c(CCC(=O)Nc2cccc(C(=O)Nc3ccc(Br)cn3)c2)c1. The number of amides is 2. The molecule has 1 aromatic heterocycles. The minimum absolute atomic E-state index is 0.169. The van der Waals surface area contributed by atoms with Gasteiger partial charge in [0.1, 0.15) is 17.3 Å². The van der Waals surface area contributed by atoms with Crippen molar-refractivity contribution in [2.75, 3.05) is 24.9 Å². The lowest BCUT2D eigenvalue weighted by molar-refractivity contribution is -0.116. The number of halogens is 1. The van der Waals surface area contributed by atoms with E-state index in [-0.39, 0.29) is 18.2 Å². The molecular formula is C23H22BrN3O4. The van der Waals surface area contributed by atoms with Crippen LogP contribution in [-0.2, 0) is 11.2 Å². The van der Waals surface area contributed by atoms with Crippen LogP contribution in [0, 0.1) is 0 Å². The molecule has 3 rings (SSSR count). The molecule has 0 unspecified atom stereocenters. The summed E-state index contributed by atoms with van der Waals surface area (Å²) in [6.45, 7) is 0. The van der Waals surface area contributed by atoms with Gasteiger partial charge in [-0.15, -0.1) is 0 Å². The normalized spacial score (nSPS) is 10.3. The number of methoxy groups -OCH3 is 2. The summed E-state index contributed by atoms with van der Waals surface area (Å²) >= 11 is 3.30. The number of carbonyl (C=O) groups is 2. The molecule has 160 valence electrons. The van der Waals surface area contributed by atoms with Gasteiger partial charge < -0.3 is 20.1 Å². The molecule has 0 fully saturated rings. The van der Waals surface area contributed by atoms with Crippen LogP contribution in [0.5, 0.6) is 11.5 Å². The summed E-state index contributed by atoms with van der Waals surface area (Å²) in [6, 6.07) is 15.7. The molecule has 2 aromatic carbocycles. The first-order valence-corrected chi connectivity index (χ1v) is 10.3. The molecule has 0 saturated heterocycles. The van der Waals surface area contributed by atoms with Crippen molar-refractivity contribution in [3.63, 3.8) is 0 Å². The lowest BCUT2D eigenvalue weighted by Crippen LogP contribution is -2.15. The van der Waals surface area contributed by atoms with Crippen LogP contribution >= 0.6 is 15.9 Å². The number of aromatic nitrogens is 1. The first-order valence-electron chi connectivity index (χ1n) is 9.52. The molecular weight excluding hydrogens is 462 g/mol. The first-order chi connectivity index (χ1) is 15.0. The third-order valence-corrected chi connectivity index (χ3v) is 4.96. The Balaban J connectivity index is 1.61. The monoisotopic (exact) mass is 483 g/mol. The summed E-state index contributed by atoms with van der Waals surface area (Å²) in [6.07, 6.45) is 2.34. The lowest BCUT2D eigenvalue weighted by Gasteiger charge is -2.11. The fraction of sp³-hybridized carbons (Fsp3) is 0.174. The van der Waals surface area contributed by atoms with E-state index in [0.29, 0.717) is 35.0 Å².